The summed E-state index contributed by atoms with van der Waals surface area (Å²) in [7, 11) is 0. The van der Waals surface area contributed by atoms with Crippen LogP contribution in [-0.4, -0.2) is 15.9 Å². The minimum absolute atomic E-state index is 0.219. The number of nitrogen functional groups attached to an aromatic ring is 1. The van der Waals surface area contributed by atoms with Crippen molar-refractivity contribution in [2.75, 3.05) is 5.73 Å². The first-order chi connectivity index (χ1) is 11.0. The van der Waals surface area contributed by atoms with Gasteiger partial charge in [-0.05, 0) is 48.2 Å². The lowest BCUT2D eigenvalue weighted by Crippen LogP contribution is -1.97. The Hall–Kier alpha value is -2.95. The molecule has 2 aromatic carbocycles. The number of aryl methyl sites for hydroxylation is 2. The molecule has 3 aromatic rings. The van der Waals surface area contributed by atoms with E-state index in [2.05, 4.69) is 10.1 Å². The molecule has 0 radical (unpaired) electrons. The smallest absolute Gasteiger partial charge is 0.221 e. The zero-order chi connectivity index (χ0) is 16.4. The van der Waals surface area contributed by atoms with Gasteiger partial charge in [-0.3, -0.25) is 0 Å². The SMILES string of the molecule is Cc1cn(N=Cc2ccc(-c3ccc(F)cc3C)cc2)c(N)n1. The van der Waals surface area contributed by atoms with Crippen molar-refractivity contribution in [1.82, 2.24) is 9.66 Å². The predicted molar refractivity (Wildman–Crippen MR) is 90.9 cm³/mol. The summed E-state index contributed by atoms with van der Waals surface area (Å²) in [5.41, 5.74) is 10.5. The second-order valence-electron chi connectivity index (χ2n) is 5.41. The molecule has 0 spiro atoms. The number of nitrogens with two attached hydrogens (primary N) is 1. The average Bonchev–Trinajstić information content (AvgIpc) is 2.84. The van der Waals surface area contributed by atoms with E-state index in [9.17, 15) is 4.39 Å². The van der Waals surface area contributed by atoms with Crippen molar-refractivity contribution in [3.8, 4) is 11.1 Å². The first-order valence-corrected chi connectivity index (χ1v) is 7.25. The lowest BCUT2D eigenvalue weighted by Gasteiger charge is -2.06. The van der Waals surface area contributed by atoms with Crippen LogP contribution in [0.5, 0.6) is 0 Å². The highest BCUT2D eigenvalue weighted by Crippen LogP contribution is 2.24. The number of hydrogen-bond donors (Lipinski definition) is 1. The van der Waals surface area contributed by atoms with E-state index in [-0.39, 0.29) is 5.82 Å². The number of halogens is 1. The summed E-state index contributed by atoms with van der Waals surface area (Å²) >= 11 is 0. The van der Waals surface area contributed by atoms with Crippen molar-refractivity contribution in [1.29, 1.82) is 0 Å². The third kappa shape index (κ3) is 3.29. The Kier molecular flexibility index (Phi) is 3.93. The maximum atomic E-state index is 13.2. The van der Waals surface area contributed by atoms with Gasteiger partial charge in [0.2, 0.25) is 5.95 Å². The highest BCUT2D eigenvalue weighted by Gasteiger charge is 2.03. The third-order valence-corrected chi connectivity index (χ3v) is 3.58. The van der Waals surface area contributed by atoms with Gasteiger partial charge < -0.3 is 5.73 Å². The molecule has 0 unspecified atom stereocenters. The first-order valence-electron chi connectivity index (χ1n) is 7.25. The Balaban J connectivity index is 1.83. The summed E-state index contributed by atoms with van der Waals surface area (Å²) in [4.78, 5) is 4.09. The minimum Gasteiger partial charge on any atom is -0.368 e. The molecule has 3 rings (SSSR count). The van der Waals surface area contributed by atoms with E-state index >= 15 is 0 Å². The minimum atomic E-state index is -0.219. The van der Waals surface area contributed by atoms with Crippen LogP contribution in [0.4, 0.5) is 10.3 Å². The molecular formula is C18H17FN4. The summed E-state index contributed by atoms with van der Waals surface area (Å²) < 4.78 is 14.7. The highest BCUT2D eigenvalue weighted by atomic mass is 19.1. The van der Waals surface area contributed by atoms with Crippen LogP contribution in [-0.2, 0) is 0 Å². The molecule has 4 nitrogen and oxygen atoms in total. The maximum absolute atomic E-state index is 13.2. The summed E-state index contributed by atoms with van der Waals surface area (Å²) in [6, 6.07) is 12.7. The fraction of sp³-hybridized carbons (Fsp3) is 0.111. The van der Waals surface area contributed by atoms with Gasteiger partial charge in [0.1, 0.15) is 5.82 Å². The van der Waals surface area contributed by atoms with Crippen molar-refractivity contribution >= 4 is 12.2 Å². The molecular weight excluding hydrogens is 291 g/mol. The van der Waals surface area contributed by atoms with Crippen LogP contribution >= 0.6 is 0 Å². The molecule has 0 aliphatic heterocycles. The van der Waals surface area contributed by atoms with Crippen LogP contribution in [0.25, 0.3) is 11.1 Å². The molecule has 0 amide bonds. The number of aromatic nitrogens is 2. The molecule has 0 bridgehead atoms. The molecule has 0 aliphatic carbocycles. The lowest BCUT2D eigenvalue weighted by molar-refractivity contribution is 0.627. The second-order valence-corrected chi connectivity index (χ2v) is 5.41. The van der Waals surface area contributed by atoms with E-state index in [4.69, 9.17) is 5.73 Å². The largest absolute Gasteiger partial charge is 0.368 e. The lowest BCUT2D eigenvalue weighted by atomic mass is 9.99. The Labute approximate surface area is 134 Å². The number of nitrogens with zero attached hydrogens (tertiary/aromatic N) is 3. The van der Waals surface area contributed by atoms with Gasteiger partial charge in [-0.1, -0.05) is 30.3 Å². The van der Waals surface area contributed by atoms with Gasteiger partial charge in [0.15, 0.2) is 0 Å². The molecule has 0 aliphatic rings. The van der Waals surface area contributed by atoms with Gasteiger partial charge in [0, 0.05) is 0 Å². The number of rotatable bonds is 3. The molecule has 1 heterocycles. The Bertz CT molecular complexity index is 863. The van der Waals surface area contributed by atoms with Gasteiger partial charge in [0.25, 0.3) is 0 Å². The normalized spacial score (nSPS) is 11.3. The molecule has 0 atom stereocenters. The second kappa shape index (κ2) is 6.04. The van der Waals surface area contributed by atoms with E-state index in [1.165, 1.54) is 16.8 Å². The van der Waals surface area contributed by atoms with Crippen molar-refractivity contribution in [3.63, 3.8) is 0 Å². The molecule has 23 heavy (non-hydrogen) atoms. The molecule has 0 saturated carbocycles. The monoisotopic (exact) mass is 308 g/mol. The Morgan fingerprint density at radius 3 is 2.48 bits per heavy atom. The van der Waals surface area contributed by atoms with Gasteiger partial charge in [-0.2, -0.15) is 5.10 Å². The molecule has 5 heteroatoms. The number of imidazole rings is 1. The summed E-state index contributed by atoms with van der Waals surface area (Å²) in [5, 5.41) is 4.28. The summed E-state index contributed by atoms with van der Waals surface area (Å²) in [6.07, 6.45) is 3.49. The van der Waals surface area contributed by atoms with Gasteiger partial charge in [-0.15, -0.1) is 0 Å². The number of anilines is 1. The average molecular weight is 308 g/mol. The summed E-state index contributed by atoms with van der Waals surface area (Å²) in [5.74, 6) is 0.139. The first kappa shape index (κ1) is 15.0. The Morgan fingerprint density at radius 1 is 1.13 bits per heavy atom. The standard InChI is InChI=1S/C18H17FN4/c1-12-9-16(19)7-8-17(12)15-5-3-14(4-6-15)10-21-23-11-13(2)22-18(23)20/h3-11H,1-2H3,(H2,20,22). The van der Waals surface area contributed by atoms with Crippen LogP contribution in [0.1, 0.15) is 16.8 Å². The molecule has 116 valence electrons. The van der Waals surface area contributed by atoms with E-state index in [0.29, 0.717) is 5.95 Å². The van der Waals surface area contributed by atoms with Crippen LogP contribution in [0.3, 0.4) is 0 Å². The van der Waals surface area contributed by atoms with E-state index in [1.54, 1.807) is 18.5 Å². The van der Waals surface area contributed by atoms with Crippen molar-refractivity contribution in [2.45, 2.75) is 13.8 Å². The van der Waals surface area contributed by atoms with Gasteiger partial charge in [0.05, 0.1) is 18.1 Å². The van der Waals surface area contributed by atoms with E-state index in [0.717, 1.165) is 27.9 Å². The van der Waals surface area contributed by atoms with Crippen molar-refractivity contribution in [3.05, 3.63) is 71.3 Å². The van der Waals surface area contributed by atoms with Crippen molar-refractivity contribution < 1.29 is 4.39 Å². The van der Waals surface area contributed by atoms with E-state index in [1.807, 2.05) is 38.1 Å². The predicted octanol–water partition coefficient (Wildman–Crippen LogP) is 3.77. The zero-order valence-corrected chi connectivity index (χ0v) is 13.0. The molecule has 1 aromatic heterocycles. The zero-order valence-electron chi connectivity index (χ0n) is 13.0. The third-order valence-electron chi connectivity index (χ3n) is 3.58. The molecule has 2 N–H and O–H groups in total. The van der Waals surface area contributed by atoms with Gasteiger partial charge >= 0.3 is 0 Å². The van der Waals surface area contributed by atoms with Gasteiger partial charge in [-0.25, -0.2) is 14.1 Å². The summed E-state index contributed by atoms with van der Waals surface area (Å²) in [6.45, 7) is 3.76. The van der Waals surface area contributed by atoms with Crippen LogP contribution in [0, 0.1) is 19.7 Å². The van der Waals surface area contributed by atoms with Crippen LogP contribution in [0.2, 0.25) is 0 Å². The highest BCUT2D eigenvalue weighted by molar-refractivity contribution is 5.81. The van der Waals surface area contributed by atoms with E-state index < -0.39 is 0 Å². The fourth-order valence-electron chi connectivity index (χ4n) is 2.42. The quantitative estimate of drug-likeness (QED) is 0.749. The van der Waals surface area contributed by atoms with Crippen molar-refractivity contribution in [2.24, 2.45) is 5.10 Å². The topological polar surface area (TPSA) is 56.2 Å². The molecule has 0 saturated heterocycles. The van der Waals surface area contributed by atoms with Crippen LogP contribution < -0.4 is 5.73 Å². The number of hydrogen-bond acceptors (Lipinski definition) is 3. The maximum Gasteiger partial charge on any atom is 0.221 e. The van der Waals surface area contributed by atoms with Crippen LogP contribution in [0.15, 0.2) is 53.8 Å². The molecule has 0 fully saturated rings. The number of benzene rings is 2. The Morgan fingerprint density at radius 2 is 1.87 bits per heavy atom. The fourth-order valence-corrected chi connectivity index (χ4v) is 2.42.